The molecule has 0 N–H and O–H groups in total. The molecule has 0 saturated carbocycles. The molecule has 20 heavy (non-hydrogen) atoms. The molecule has 2 aromatic carbocycles. The quantitative estimate of drug-likeness (QED) is 0.710. The largest absolute Gasteiger partial charge is 0.488 e. The van der Waals surface area contributed by atoms with Gasteiger partial charge in [-0.1, -0.05) is 22.0 Å². The molecule has 0 spiro atoms. The van der Waals surface area contributed by atoms with Crippen molar-refractivity contribution in [3.8, 4) is 16.9 Å². The van der Waals surface area contributed by atoms with Crippen molar-refractivity contribution in [2.24, 2.45) is 0 Å². The first-order valence-corrected chi connectivity index (χ1v) is 7.63. The third kappa shape index (κ3) is 1.80. The van der Waals surface area contributed by atoms with Crippen LogP contribution in [-0.4, -0.2) is 5.78 Å². The Kier molecular flexibility index (Phi) is 2.71. The minimum atomic E-state index is 0.249. The molecule has 2 nitrogen and oxygen atoms in total. The van der Waals surface area contributed by atoms with Crippen molar-refractivity contribution in [2.45, 2.75) is 25.9 Å². The van der Waals surface area contributed by atoms with Gasteiger partial charge in [-0.25, -0.2) is 0 Å². The molecule has 0 aromatic heterocycles. The summed E-state index contributed by atoms with van der Waals surface area (Å²) >= 11 is 3.50. The number of carbonyl (C=O) groups excluding carboxylic acids is 1. The first kappa shape index (κ1) is 12.2. The Morgan fingerprint density at radius 1 is 0.950 bits per heavy atom. The van der Waals surface area contributed by atoms with E-state index in [0.717, 1.165) is 34.2 Å². The topological polar surface area (TPSA) is 26.3 Å². The van der Waals surface area contributed by atoms with Gasteiger partial charge in [0.1, 0.15) is 12.4 Å². The van der Waals surface area contributed by atoms with Crippen LogP contribution in [0.15, 0.2) is 34.8 Å². The number of ketones is 1. The molecule has 1 aliphatic heterocycles. The van der Waals surface area contributed by atoms with Gasteiger partial charge in [0.15, 0.2) is 5.78 Å². The van der Waals surface area contributed by atoms with Crippen molar-refractivity contribution in [3.63, 3.8) is 0 Å². The van der Waals surface area contributed by atoms with E-state index in [9.17, 15) is 4.79 Å². The van der Waals surface area contributed by atoms with E-state index >= 15 is 0 Å². The molecule has 4 rings (SSSR count). The lowest BCUT2D eigenvalue weighted by Crippen LogP contribution is -2.13. The van der Waals surface area contributed by atoms with Crippen LogP contribution in [-0.2, 0) is 13.0 Å². The SMILES string of the molecule is O=C1CCCc2cc3c(cc21)OCc1cc(Br)ccc1-3. The zero-order chi connectivity index (χ0) is 13.7. The maximum atomic E-state index is 12.0. The highest BCUT2D eigenvalue weighted by Crippen LogP contribution is 2.41. The minimum Gasteiger partial charge on any atom is -0.488 e. The third-order valence-electron chi connectivity index (χ3n) is 4.10. The molecule has 1 aliphatic carbocycles. The first-order valence-electron chi connectivity index (χ1n) is 6.84. The molecule has 100 valence electrons. The number of aryl methyl sites for hydroxylation is 1. The fourth-order valence-corrected chi connectivity index (χ4v) is 3.50. The monoisotopic (exact) mass is 328 g/mol. The number of halogens is 1. The zero-order valence-corrected chi connectivity index (χ0v) is 12.5. The van der Waals surface area contributed by atoms with Crippen LogP contribution < -0.4 is 4.74 Å². The molecule has 0 atom stereocenters. The Balaban J connectivity index is 1.93. The molecular formula is C17H13BrO2. The predicted octanol–water partition coefficient (Wildman–Crippen LogP) is 4.53. The maximum absolute atomic E-state index is 12.0. The van der Waals surface area contributed by atoms with Crippen molar-refractivity contribution < 1.29 is 9.53 Å². The summed E-state index contributed by atoms with van der Waals surface area (Å²) in [7, 11) is 0. The molecule has 0 amide bonds. The molecule has 0 saturated heterocycles. The predicted molar refractivity (Wildman–Crippen MR) is 81.2 cm³/mol. The summed E-state index contributed by atoms with van der Waals surface area (Å²) in [6.45, 7) is 0.564. The fourth-order valence-electron chi connectivity index (χ4n) is 3.09. The summed E-state index contributed by atoms with van der Waals surface area (Å²) in [5.74, 6) is 1.09. The number of hydrogen-bond donors (Lipinski definition) is 0. The van der Waals surface area contributed by atoms with Crippen molar-refractivity contribution in [3.05, 3.63) is 51.5 Å². The Bertz CT molecular complexity index is 734. The average Bonchev–Trinajstić information content (AvgIpc) is 2.45. The highest BCUT2D eigenvalue weighted by molar-refractivity contribution is 9.10. The van der Waals surface area contributed by atoms with E-state index in [1.165, 1.54) is 16.7 Å². The second-order valence-electron chi connectivity index (χ2n) is 5.37. The smallest absolute Gasteiger partial charge is 0.163 e. The Labute approximate surface area is 125 Å². The molecule has 0 unspecified atom stereocenters. The molecule has 2 aliphatic rings. The van der Waals surface area contributed by atoms with E-state index in [1.807, 2.05) is 6.07 Å². The second kappa shape index (κ2) is 4.45. The van der Waals surface area contributed by atoms with Crippen molar-refractivity contribution in [1.82, 2.24) is 0 Å². The van der Waals surface area contributed by atoms with Crippen LogP contribution >= 0.6 is 15.9 Å². The van der Waals surface area contributed by atoms with Gasteiger partial charge in [-0.15, -0.1) is 0 Å². The summed E-state index contributed by atoms with van der Waals surface area (Å²) in [6, 6.07) is 10.4. The Hall–Kier alpha value is -1.61. The van der Waals surface area contributed by atoms with Crippen LogP contribution in [0.3, 0.4) is 0 Å². The van der Waals surface area contributed by atoms with Crippen molar-refractivity contribution in [1.29, 1.82) is 0 Å². The fraction of sp³-hybridized carbons (Fsp3) is 0.235. The lowest BCUT2D eigenvalue weighted by Gasteiger charge is -2.24. The standard InChI is InChI=1S/C17H13BrO2/c18-12-4-5-13-11(6-12)9-20-17-8-14-10(7-15(13)17)2-1-3-16(14)19/h4-8H,1-3,9H2. The van der Waals surface area contributed by atoms with Crippen LogP contribution in [0.2, 0.25) is 0 Å². The van der Waals surface area contributed by atoms with E-state index in [2.05, 4.69) is 40.2 Å². The van der Waals surface area contributed by atoms with Gasteiger partial charge in [0.05, 0.1) is 0 Å². The van der Waals surface area contributed by atoms with Gasteiger partial charge < -0.3 is 4.74 Å². The van der Waals surface area contributed by atoms with Gasteiger partial charge >= 0.3 is 0 Å². The number of ether oxygens (including phenoxy) is 1. The highest BCUT2D eigenvalue weighted by atomic mass is 79.9. The minimum absolute atomic E-state index is 0.249. The van der Waals surface area contributed by atoms with Crippen molar-refractivity contribution in [2.75, 3.05) is 0 Å². The summed E-state index contributed by atoms with van der Waals surface area (Å²) in [5, 5.41) is 0. The van der Waals surface area contributed by atoms with E-state index in [0.29, 0.717) is 13.0 Å². The van der Waals surface area contributed by atoms with Crippen LogP contribution in [0.4, 0.5) is 0 Å². The maximum Gasteiger partial charge on any atom is 0.163 e. The van der Waals surface area contributed by atoms with E-state index in [1.54, 1.807) is 0 Å². The lowest BCUT2D eigenvalue weighted by molar-refractivity contribution is 0.0972. The average molecular weight is 329 g/mol. The van der Waals surface area contributed by atoms with Gasteiger partial charge in [-0.2, -0.15) is 0 Å². The summed E-state index contributed by atoms with van der Waals surface area (Å²) in [4.78, 5) is 12.0. The molecule has 0 fully saturated rings. The summed E-state index contributed by atoms with van der Waals surface area (Å²) in [6.07, 6.45) is 2.61. The number of Topliss-reactive ketones (excluding diaryl/α,β-unsaturated/α-hetero) is 1. The van der Waals surface area contributed by atoms with Gasteiger partial charge in [-0.05, 0) is 53.8 Å². The molecule has 2 aromatic rings. The van der Waals surface area contributed by atoms with Crippen molar-refractivity contribution >= 4 is 21.7 Å². The van der Waals surface area contributed by atoms with E-state index in [4.69, 9.17) is 4.74 Å². The zero-order valence-electron chi connectivity index (χ0n) is 10.9. The molecule has 0 radical (unpaired) electrons. The van der Waals surface area contributed by atoms with Gasteiger partial charge in [0.25, 0.3) is 0 Å². The molecule has 0 bridgehead atoms. The van der Waals surface area contributed by atoms with Gasteiger partial charge in [-0.3, -0.25) is 4.79 Å². The molecule has 1 heterocycles. The number of carbonyl (C=O) groups is 1. The third-order valence-corrected chi connectivity index (χ3v) is 4.59. The molecular weight excluding hydrogens is 316 g/mol. The summed E-state index contributed by atoms with van der Waals surface area (Å²) in [5.41, 5.74) is 5.55. The second-order valence-corrected chi connectivity index (χ2v) is 6.29. The highest BCUT2D eigenvalue weighted by Gasteiger charge is 2.24. The number of benzene rings is 2. The van der Waals surface area contributed by atoms with Crippen LogP contribution in [0.5, 0.6) is 5.75 Å². The number of hydrogen-bond acceptors (Lipinski definition) is 2. The van der Waals surface area contributed by atoms with Crippen LogP contribution in [0, 0.1) is 0 Å². The van der Waals surface area contributed by atoms with Gasteiger partial charge in [0, 0.05) is 22.0 Å². The van der Waals surface area contributed by atoms with E-state index < -0.39 is 0 Å². The number of rotatable bonds is 0. The lowest BCUT2D eigenvalue weighted by atomic mass is 9.86. The number of fused-ring (bicyclic) bond motifs is 4. The molecule has 3 heteroatoms. The van der Waals surface area contributed by atoms with E-state index in [-0.39, 0.29) is 5.78 Å². The van der Waals surface area contributed by atoms with Gasteiger partial charge in [0.2, 0.25) is 0 Å². The Morgan fingerprint density at radius 2 is 1.85 bits per heavy atom. The van der Waals surface area contributed by atoms with Crippen LogP contribution in [0.25, 0.3) is 11.1 Å². The Morgan fingerprint density at radius 3 is 2.75 bits per heavy atom. The normalized spacial score (nSPS) is 15.9. The first-order chi connectivity index (χ1) is 9.72. The summed E-state index contributed by atoms with van der Waals surface area (Å²) < 4.78 is 6.91. The van der Waals surface area contributed by atoms with Crippen LogP contribution in [0.1, 0.15) is 34.3 Å².